The monoisotopic (exact) mass is 434 g/mol. The van der Waals surface area contributed by atoms with Gasteiger partial charge in [0.05, 0.1) is 10.6 Å². The number of carbonyl (C=O) groups is 1. The number of carbonyl (C=O) groups excluding carboxylic acids is 1. The fourth-order valence-electron chi connectivity index (χ4n) is 2.76. The molecule has 4 rings (SSSR count). The van der Waals surface area contributed by atoms with E-state index >= 15 is 0 Å². The molecular formula is C22H16ClFN6O. The van der Waals surface area contributed by atoms with Crippen LogP contribution in [0.5, 0.6) is 0 Å². The van der Waals surface area contributed by atoms with Gasteiger partial charge in [0, 0.05) is 23.6 Å². The highest BCUT2D eigenvalue weighted by atomic mass is 35.5. The SMILES string of the molecule is O=C(Nc1ccc(Nc2cc(Nc3ccccn3)ncn2)cc1)c1c(F)cccc1Cl. The Bertz CT molecular complexity index is 1180. The Labute approximate surface area is 182 Å². The topological polar surface area (TPSA) is 91.8 Å². The summed E-state index contributed by atoms with van der Waals surface area (Å²) in [5, 5.41) is 8.93. The van der Waals surface area contributed by atoms with Crippen molar-refractivity contribution < 1.29 is 9.18 Å². The molecule has 0 atom stereocenters. The molecule has 0 radical (unpaired) electrons. The zero-order chi connectivity index (χ0) is 21.6. The van der Waals surface area contributed by atoms with Crippen molar-refractivity contribution in [3.63, 3.8) is 0 Å². The Morgan fingerprint density at radius 2 is 1.55 bits per heavy atom. The summed E-state index contributed by atoms with van der Waals surface area (Å²) in [4.78, 5) is 24.9. The molecule has 0 unspecified atom stereocenters. The van der Waals surface area contributed by atoms with Crippen LogP contribution >= 0.6 is 11.6 Å². The van der Waals surface area contributed by atoms with Gasteiger partial charge in [-0.25, -0.2) is 19.3 Å². The van der Waals surface area contributed by atoms with Gasteiger partial charge in [-0.2, -0.15) is 0 Å². The van der Waals surface area contributed by atoms with Gasteiger partial charge < -0.3 is 16.0 Å². The van der Waals surface area contributed by atoms with Crippen LogP contribution in [-0.4, -0.2) is 20.9 Å². The molecule has 2 aromatic carbocycles. The first kappa shape index (κ1) is 20.2. The third-order valence-corrected chi connectivity index (χ3v) is 4.51. The van der Waals surface area contributed by atoms with E-state index in [4.69, 9.17) is 11.6 Å². The Morgan fingerprint density at radius 1 is 0.806 bits per heavy atom. The molecule has 154 valence electrons. The third-order valence-electron chi connectivity index (χ3n) is 4.19. The molecule has 2 aromatic heterocycles. The summed E-state index contributed by atoms with van der Waals surface area (Å²) < 4.78 is 13.9. The molecule has 0 aliphatic heterocycles. The lowest BCUT2D eigenvalue weighted by Gasteiger charge is -2.10. The van der Waals surface area contributed by atoms with Gasteiger partial charge in [-0.3, -0.25) is 4.79 Å². The van der Waals surface area contributed by atoms with Gasteiger partial charge in [-0.1, -0.05) is 23.7 Å². The van der Waals surface area contributed by atoms with E-state index in [0.29, 0.717) is 23.1 Å². The van der Waals surface area contributed by atoms with Gasteiger partial charge in [-0.15, -0.1) is 0 Å². The van der Waals surface area contributed by atoms with E-state index in [1.807, 2.05) is 18.2 Å². The number of rotatable bonds is 6. The van der Waals surface area contributed by atoms with Crippen molar-refractivity contribution >= 4 is 46.3 Å². The predicted octanol–water partition coefficient (Wildman–Crippen LogP) is 5.40. The number of hydrogen-bond acceptors (Lipinski definition) is 6. The van der Waals surface area contributed by atoms with Crippen LogP contribution in [0.25, 0.3) is 0 Å². The maximum absolute atomic E-state index is 13.9. The highest BCUT2D eigenvalue weighted by Gasteiger charge is 2.15. The minimum absolute atomic E-state index is 0.0506. The van der Waals surface area contributed by atoms with Gasteiger partial charge in [0.25, 0.3) is 5.91 Å². The summed E-state index contributed by atoms with van der Waals surface area (Å²) in [7, 11) is 0. The highest BCUT2D eigenvalue weighted by Crippen LogP contribution is 2.23. The maximum atomic E-state index is 13.9. The number of aromatic nitrogens is 3. The van der Waals surface area contributed by atoms with Crippen molar-refractivity contribution in [2.24, 2.45) is 0 Å². The van der Waals surface area contributed by atoms with E-state index in [1.54, 1.807) is 36.5 Å². The fourth-order valence-corrected chi connectivity index (χ4v) is 3.00. The molecule has 7 nitrogen and oxygen atoms in total. The van der Waals surface area contributed by atoms with Crippen LogP contribution in [0.4, 0.5) is 33.2 Å². The predicted molar refractivity (Wildman–Crippen MR) is 119 cm³/mol. The molecule has 0 aliphatic carbocycles. The van der Waals surface area contributed by atoms with Crippen molar-refractivity contribution in [2.75, 3.05) is 16.0 Å². The molecule has 3 N–H and O–H groups in total. The molecule has 1 amide bonds. The lowest BCUT2D eigenvalue weighted by molar-refractivity contribution is 0.102. The Morgan fingerprint density at radius 3 is 2.26 bits per heavy atom. The van der Waals surface area contributed by atoms with Crippen LogP contribution in [0, 0.1) is 5.82 Å². The van der Waals surface area contributed by atoms with Gasteiger partial charge in [0.2, 0.25) is 0 Å². The second-order valence-electron chi connectivity index (χ2n) is 6.38. The second-order valence-corrected chi connectivity index (χ2v) is 6.79. The van der Waals surface area contributed by atoms with Crippen LogP contribution < -0.4 is 16.0 Å². The van der Waals surface area contributed by atoms with Crippen molar-refractivity contribution in [1.82, 2.24) is 15.0 Å². The van der Waals surface area contributed by atoms with E-state index in [9.17, 15) is 9.18 Å². The minimum atomic E-state index is -0.679. The van der Waals surface area contributed by atoms with Crippen LogP contribution in [0.1, 0.15) is 10.4 Å². The average molecular weight is 435 g/mol. The van der Waals surface area contributed by atoms with E-state index in [1.165, 1.54) is 24.5 Å². The van der Waals surface area contributed by atoms with Gasteiger partial charge >= 0.3 is 0 Å². The van der Waals surface area contributed by atoms with Crippen molar-refractivity contribution in [3.05, 3.63) is 95.7 Å². The molecule has 0 bridgehead atoms. The minimum Gasteiger partial charge on any atom is -0.340 e. The second kappa shape index (κ2) is 9.19. The molecule has 2 heterocycles. The molecule has 31 heavy (non-hydrogen) atoms. The zero-order valence-electron chi connectivity index (χ0n) is 16.0. The van der Waals surface area contributed by atoms with Crippen molar-refractivity contribution in [2.45, 2.75) is 0 Å². The maximum Gasteiger partial charge on any atom is 0.260 e. The summed E-state index contributed by atoms with van der Waals surface area (Å²) in [6, 6.07) is 18.2. The van der Waals surface area contributed by atoms with Gasteiger partial charge in [-0.05, 0) is 48.5 Å². The van der Waals surface area contributed by atoms with E-state index < -0.39 is 11.7 Å². The molecule has 4 aromatic rings. The summed E-state index contributed by atoms with van der Waals surface area (Å²) in [5.41, 5.74) is 1.04. The first-order valence-corrected chi connectivity index (χ1v) is 9.59. The van der Waals surface area contributed by atoms with E-state index in [2.05, 4.69) is 30.9 Å². The quantitative estimate of drug-likeness (QED) is 0.376. The molecule has 0 fully saturated rings. The number of amides is 1. The number of halogens is 2. The third kappa shape index (κ3) is 5.12. The van der Waals surface area contributed by atoms with E-state index in [0.717, 1.165) is 5.69 Å². The number of anilines is 5. The van der Waals surface area contributed by atoms with Crippen LogP contribution in [0.2, 0.25) is 5.02 Å². The standard InChI is InChI=1S/C22H16ClFN6O/c23-16-4-3-5-17(24)21(16)22(31)29-15-9-7-14(8-10-15)28-19-12-20(27-13-26-19)30-18-6-1-2-11-25-18/h1-13H,(H,29,31)(H2,25,26,27,28,30). The fraction of sp³-hybridized carbons (Fsp3) is 0. The first-order valence-electron chi connectivity index (χ1n) is 9.21. The normalized spacial score (nSPS) is 10.4. The van der Waals surface area contributed by atoms with Gasteiger partial charge in [0.1, 0.15) is 29.6 Å². The molecule has 9 heteroatoms. The molecule has 0 aliphatic rings. The van der Waals surface area contributed by atoms with Crippen molar-refractivity contribution in [1.29, 1.82) is 0 Å². The summed E-state index contributed by atoms with van der Waals surface area (Å²) in [5.74, 6) is 0.527. The number of benzene rings is 2. The molecule has 0 saturated carbocycles. The van der Waals surface area contributed by atoms with Crippen LogP contribution in [0.3, 0.4) is 0 Å². The van der Waals surface area contributed by atoms with E-state index in [-0.39, 0.29) is 10.6 Å². The Hall–Kier alpha value is -4.04. The molecular weight excluding hydrogens is 419 g/mol. The summed E-state index contributed by atoms with van der Waals surface area (Å²) in [6.07, 6.45) is 3.11. The average Bonchev–Trinajstić information content (AvgIpc) is 2.76. The van der Waals surface area contributed by atoms with Gasteiger partial charge in [0.15, 0.2) is 0 Å². The lowest BCUT2D eigenvalue weighted by atomic mass is 10.2. The highest BCUT2D eigenvalue weighted by molar-refractivity contribution is 6.34. The molecule has 0 spiro atoms. The zero-order valence-corrected chi connectivity index (χ0v) is 16.8. The van der Waals surface area contributed by atoms with Crippen LogP contribution in [-0.2, 0) is 0 Å². The van der Waals surface area contributed by atoms with Crippen molar-refractivity contribution in [3.8, 4) is 0 Å². The largest absolute Gasteiger partial charge is 0.340 e. The Balaban J connectivity index is 1.42. The smallest absolute Gasteiger partial charge is 0.260 e. The number of hydrogen-bond donors (Lipinski definition) is 3. The summed E-state index contributed by atoms with van der Waals surface area (Å²) in [6.45, 7) is 0. The first-order chi connectivity index (χ1) is 15.1. The number of nitrogens with zero attached hydrogens (tertiary/aromatic N) is 3. The lowest BCUT2D eigenvalue weighted by Crippen LogP contribution is -2.14. The summed E-state index contributed by atoms with van der Waals surface area (Å²) >= 11 is 5.94. The number of nitrogens with one attached hydrogen (secondary N) is 3. The Kier molecular flexibility index (Phi) is 6.00. The molecule has 0 saturated heterocycles. The van der Waals surface area contributed by atoms with Crippen LogP contribution in [0.15, 0.2) is 79.3 Å². The number of pyridine rings is 1.